The number of likely N-dealkylation sites (tertiary alicyclic amines) is 1. The zero-order chi connectivity index (χ0) is 17.3. The van der Waals surface area contributed by atoms with E-state index in [0.717, 1.165) is 24.1 Å². The van der Waals surface area contributed by atoms with E-state index in [1.165, 1.54) is 12.4 Å². The van der Waals surface area contributed by atoms with Gasteiger partial charge in [-0.1, -0.05) is 23.2 Å². The van der Waals surface area contributed by atoms with Crippen molar-refractivity contribution in [3.05, 3.63) is 61.7 Å². The van der Waals surface area contributed by atoms with Gasteiger partial charge in [0.2, 0.25) is 0 Å². The van der Waals surface area contributed by atoms with Gasteiger partial charge in [0, 0.05) is 40.7 Å². The molecule has 1 aromatic heterocycles. The van der Waals surface area contributed by atoms with Crippen molar-refractivity contribution in [2.45, 2.75) is 25.7 Å². The maximum Gasteiger partial charge on any atom is 0.253 e. The van der Waals surface area contributed by atoms with E-state index in [2.05, 4.69) is 9.97 Å². The van der Waals surface area contributed by atoms with Gasteiger partial charge in [0.25, 0.3) is 11.5 Å². The molecule has 1 saturated heterocycles. The first kappa shape index (κ1) is 17.0. The van der Waals surface area contributed by atoms with Crippen LogP contribution in [-0.4, -0.2) is 33.9 Å². The molecule has 1 fully saturated rings. The van der Waals surface area contributed by atoms with Crippen molar-refractivity contribution < 1.29 is 4.79 Å². The number of hydrogen-bond acceptors (Lipinski definition) is 3. The van der Waals surface area contributed by atoms with E-state index in [4.69, 9.17) is 23.2 Å². The highest BCUT2D eigenvalue weighted by molar-refractivity contribution is 6.36. The highest BCUT2D eigenvalue weighted by atomic mass is 35.5. The third-order valence-corrected chi connectivity index (χ3v) is 5.14. The summed E-state index contributed by atoms with van der Waals surface area (Å²) >= 11 is 12.3. The molecule has 0 bridgehead atoms. The van der Waals surface area contributed by atoms with Gasteiger partial charge >= 0.3 is 0 Å². The fraction of sp³-hybridized carbons (Fsp3) is 0.353. The zero-order valence-corrected chi connectivity index (χ0v) is 14.7. The minimum Gasteiger partial charge on any atom is -0.338 e. The number of carbonyl (C=O) groups excluding carboxylic acids is 1. The quantitative estimate of drug-likeness (QED) is 0.886. The molecule has 1 aliphatic heterocycles. The summed E-state index contributed by atoms with van der Waals surface area (Å²) in [7, 11) is 0. The minimum absolute atomic E-state index is 0.0568. The Hall–Kier alpha value is -1.85. The maximum absolute atomic E-state index is 12.8. The van der Waals surface area contributed by atoms with E-state index in [1.807, 2.05) is 6.92 Å². The molecule has 0 aliphatic carbocycles. The summed E-state index contributed by atoms with van der Waals surface area (Å²) in [5.41, 5.74) is 1.78. The third-order valence-electron chi connectivity index (χ3n) is 4.35. The summed E-state index contributed by atoms with van der Waals surface area (Å²) in [6, 6.07) is 4.80. The maximum atomic E-state index is 12.8. The van der Waals surface area contributed by atoms with Crippen LogP contribution in [0.1, 0.15) is 40.4 Å². The molecule has 1 unspecified atom stereocenters. The number of halogens is 2. The van der Waals surface area contributed by atoms with Crippen LogP contribution in [0.15, 0.2) is 29.3 Å². The average Bonchev–Trinajstić information content (AvgIpc) is 2.58. The Bertz CT molecular complexity index is 812. The van der Waals surface area contributed by atoms with Gasteiger partial charge in [-0.25, -0.2) is 4.98 Å². The van der Waals surface area contributed by atoms with Gasteiger partial charge in [0.05, 0.1) is 12.0 Å². The molecule has 3 rings (SSSR count). The number of amides is 1. The lowest BCUT2D eigenvalue weighted by Gasteiger charge is -2.32. The third kappa shape index (κ3) is 3.47. The normalized spacial score (nSPS) is 17.8. The van der Waals surface area contributed by atoms with Gasteiger partial charge in [0.15, 0.2) is 0 Å². The Morgan fingerprint density at radius 3 is 2.67 bits per heavy atom. The van der Waals surface area contributed by atoms with E-state index in [1.54, 1.807) is 17.0 Å². The van der Waals surface area contributed by atoms with E-state index < -0.39 is 0 Å². The molecular weight excluding hydrogens is 349 g/mol. The molecular formula is C17H17Cl2N3O2. The molecule has 7 heteroatoms. The van der Waals surface area contributed by atoms with Gasteiger partial charge in [-0.05, 0) is 37.5 Å². The van der Waals surface area contributed by atoms with Crippen LogP contribution in [-0.2, 0) is 0 Å². The number of piperidine rings is 1. The molecule has 5 nitrogen and oxygen atoms in total. The predicted molar refractivity (Wildman–Crippen MR) is 93.9 cm³/mol. The van der Waals surface area contributed by atoms with Crippen LogP contribution < -0.4 is 5.56 Å². The van der Waals surface area contributed by atoms with Crippen LogP contribution in [0.3, 0.4) is 0 Å². The molecule has 1 N–H and O–H groups in total. The number of nitrogens with one attached hydrogen (secondary N) is 1. The average molecular weight is 366 g/mol. The molecule has 24 heavy (non-hydrogen) atoms. The van der Waals surface area contributed by atoms with E-state index in [-0.39, 0.29) is 17.4 Å². The lowest BCUT2D eigenvalue weighted by Crippen LogP contribution is -2.39. The molecule has 0 saturated carbocycles. The highest BCUT2D eigenvalue weighted by Gasteiger charge is 2.27. The van der Waals surface area contributed by atoms with Crippen molar-refractivity contribution in [2.24, 2.45) is 0 Å². The van der Waals surface area contributed by atoms with Crippen molar-refractivity contribution in [2.75, 3.05) is 13.1 Å². The lowest BCUT2D eigenvalue weighted by molar-refractivity contribution is 0.0706. The van der Waals surface area contributed by atoms with Crippen LogP contribution in [0.5, 0.6) is 0 Å². The van der Waals surface area contributed by atoms with E-state index >= 15 is 0 Å². The smallest absolute Gasteiger partial charge is 0.253 e. The topological polar surface area (TPSA) is 66.1 Å². The first-order chi connectivity index (χ1) is 11.5. The Kier molecular flexibility index (Phi) is 4.92. The number of hydrogen-bond donors (Lipinski definition) is 1. The van der Waals surface area contributed by atoms with Crippen molar-refractivity contribution in [3.63, 3.8) is 0 Å². The van der Waals surface area contributed by atoms with Gasteiger partial charge < -0.3 is 9.88 Å². The number of aromatic nitrogens is 2. The second kappa shape index (κ2) is 6.95. The number of rotatable bonds is 2. The predicted octanol–water partition coefficient (Wildman–Crippen LogP) is 3.40. The molecule has 126 valence electrons. The summed E-state index contributed by atoms with van der Waals surface area (Å²) < 4.78 is 0. The Morgan fingerprint density at radius 1 is 1.29 bits per heavy atom. The van der Waals surface area contributed by atoms with Crippen LogP contribution in [0.25, 0.3) is 0 Å². The molecule has 0 spiro atoms. The van der Waals surface area contributed by atoms with Crippen LogP contribution >= 0.6 is 23.2 Å². The molecule has 1 aromatic carbocycles. The summed E-state index contributed by atoms with van der Waals surface area (Å²) in [5, 5.41) is 0.964. The van der Waals surface area contributed by atoms with E-state index in [9.17, 15) is 9.59 Å². The SMILES string of the molecule is Cc1c(Cl)cc(C(=O)N2CCCC(c3cc(=O)[nH]cn3)C2)cc1Cl. The molecule has 2 heterocycles. The molecule has 0 radical (unpaired) electrons. The second-order valence-electron chi connectivity index (χ2n) is 5.99. The Balaban J connectivity index is 1.82. The molecule has 1 aliphatic rings. The first-order valence-corrected chi connectivity index (χ1v) is 8.51. The van der Waals surface area contributed by atoms with Gasteiger partial charge in [0.1, 0.15) is 0 Å². The zero-order valence-electron chi connectivity index (χ0n) is 13.2. The summed E-state index contributed by atoms with van der Waals surface area (Å²) in [6.45, 7) is 3.01. The standard InChI is InChI=1S/C17H17Cl2N3O2/c1-10-13(18)5-12(6-14(10)19)17(24)22-4-2-3-11(8-22)15-7-16(23)21-9-20-15/h5-7,9,11H,2-4,8H2,1H3,(H,20,21,23). The summed E-state index contributed by atoms with van der Waals surface area (Å²) in [4.78, 5) is 32.8. The van der Waals surface area contributed by atoms with Crippen LogP contribution in [0.4, 0.5) is 0 Å². The highest BCUT2D eigenvalue weighted by Crippen LogP contribution is 2.29. The van der Waals surface area contributed by atoms with Gasteiger partial charge in [-0.3, -0.25) is 9.59 Å². The van der Waals surface area contributed by atoms with Crippen molar-refractivity contribution in [1.29, 1.82) is 0 Å². The number of H-pyrrole nitrogens is 1. The van der Waals surface area contributed by atoms with Crippen molar-refractivity contribution in [1.82, 2.24) is 14.9 Å². The fourth-order valence-electron chi connectivity index (χ4n) is 2.96. The molecule has 1 amide bonds. The van der Waals surface area contributed by atoms with Crippen LogP contribution in [0, 0.1) is 6.92 Å². The van der Waals surface area contributed by atoms with Gasteiger partial charge in [-0.15, -0.1) is 0 Å². The monoisotopic (exact) mass is 365 g/mol. The van der Waals surface area contributed by atoms with Crippen molar-refractivity contribution in [3.8, 4) is 0 Å². The lowest BCUT2D eigenvalue weighted by atomic mass is 9.94. The second-order valence-corrected chi connectivity index (χ2v) is 6.81. The largest absolute Gasteiger partial charge is 0.338 e. The number of nitrogens with zero attached hydrogens (tertiary/aromatic N) is 2. The number of aromatic amines is 1. The summed E-state index contributed by atoms with van der Waals surface area (Å²) in [5.74, 6) is -0.0465. The van der Waals surface area contributed by atoms with Gasteiger partial charge in [-0.2, -0.15) is 0 Å². The van der Waals surface area contributed by atoms with Crippen molar-refractivity contribution >= 4 is 29.1 Å². The van der Waals surface area contributed by atoms with Crippen LogP contribution in [0.2, 0.25) is 10.0 Å². The number of benzene rings is 1. The van der Waals surface area contributed by atoms with E-state index in [0.29, 0.717) is 28.7 Å². The fourth-order valence-corrected chi connectivity index (χ4v) is 3.45. The molecule has 1 atom stereocenters. The first-order valence-electron chi connectivity index (χ1n) is 7.75. The number of carbonyl (C=O) groups is 1. The minimum atomic E-state index is -0.180. The Morgan fingerprint density at radius 2 is 2.00 bits per heavy atom. The summed E-state index contributed by atoms with van der Waals surface area (Å²) in [6.07, 6.45) is 3.16. The Labute approximate surface area is 149 Å². The molecule has 2 aromatic rings.